The van der Waals surface area contributed by atoms with Crippen LogP contribution in [0.25, 0.3) is 0 Å². The Kier molecular flexibility index (Phi) is 4.53. The Balaban J connectivity index is 1.64. The molecule has 0 radical (unpaired) electrons. The van der Waals surface area contributed by atoms with Crippen molar-refractivity contribution in [2.24, 2.45) is 0 Å². The number of nitrogens with one attached hydrogen (secondary N) is 1. The minimum absolute atomic E-state index is 0.0703. The Labute approximate surface area is 147 Å². The fourth-order valence-electron chi connectivity index (χ4n) is 4.19. The van der Waals surface area contributed by atoms with Crippen molar-refractivity contribution in [2.45, 2.75) is 31.2 Å². The molecule has 2 aliphatic rings. The van der Waals surface area contributed by atoms with E-state index in [1.807, 2.05) is 23.1 Å². The van der Waals surface area contributed by atoms with Crippen LogP contribution in [0, 0.1) is 5.82 Å². The van der Waals surface area contributed by atoms with Gasteiger partial charge in [0.15, 0.2) is 0 Å². The molecule has 25 heavy (non-hydrogen) atoms. The van der Waals surface area contributed by atoms with E-state index in [9.17, 15) is 9.18 Å². The first kappa shape index (κ1) is 16.3. The predicted octanol–water partition coefficient (Wildman–Crippen LogP) is 3.42. The number of carbonyl (C=O) groups is 1. The molecule has 1 amide bonds. The van der Waals surface area contributed by atoms with E-state index in [1.54, 1.807) is 12.1 Å². The number of rotatable bonds is 2. The van der Waals surface area contributed by atoms with Gasteiger partial charge in [0.05, 0.1) is 12.0 Å². The fourth-order valence-corrected chi connectivity index (χ4v) is 4.19. The maximum Gasteiger partial charge on any atom is 0.230 e. The number of hydrogen-bond acceptors (Lipinski definition) is 2. The summed E-state index contributed by atoms with van der Waals surface area (Å²) in [5, 5.41) is 3.34. The van der Waals surface area contributed by atoms with Gasteiger partial charge in [-0.1, -0.05) is 36.4 Å². The number of amides is 1. The highest BCUT2D eigenvalue weighted by molar-refractivity contribution is 5.85. The second kappa shape index (κ2) is 6.96. The monoisotopic (exact) mass is 338 g/mol. The van der Waals surface area contributed by atoms with E-state index in [0.717, 1.165) is 31.4 Å². The molecule has 1 saturated heterocycles. The van der Waals surface area contributed by atoms with E-state index in [0.29, 0.717) is 13.1 Å². The molecule has 0 aromatic heterocycles. The molecule has 1 aliphatic carbocycles. The zero-order chi connectivity index (χ0) is 17.2. The lowest BCUT2D eigenvalue weighted by Gasteiger charge is -2.39. The molecule has 2 atom stereocenters. The highest BCUT2D eigenvalue weighted by atomic mass is 19.1. The van der Waals surface area contributed by atoms with Gasteiger partial charge in [0, 0.05) is 19.6 Å². The molecule has 2 unspecified atom stereocenters. The number of fused-ring (bicyclic) bond motifs is 1. The standard InChI is InChI=1S/C21H23FN2O/c22-17-8-3-7-16(13-17)20-14-23-11-12-24(20)21(25)19-10-4-6-15-5-1-2-9-18(15)19/h1-3,5,7-9,13,19-20,23H,4,6,10-12,14H2. The van der Waals surface area contributed by atoms with Crippen molar-refractivity contribution in [3.63, 3.8) is 0 Å². The van der Waals surface area contributed by atoms with Crippen LogP contribution in [0.15, 0.2) is 48.5 Å². The first-order chi connectivity index (χ1) is 12.2. The van der Waals surface area contributed by atoms with Gasteiger partial charge in [-0.3, -0.25) is 4.79 Å². The van der Waals surface area contributed by atoms with Gasteiger partial charge < -0.3 is 10.2 Å². The predicted molar refractivity (Wildman–Crippen MR) is 95.8 cm³/mol. The zero-order valence-corrected chi connectivity index (χ0v) is 14.2. The minimum Gasteiger partial charge on any atom is -0.333 e. The zero-order valence-electron chi connectivity index (χ0n) is 14.2. The minimum atomic E-state index is -0.251. The Morgan fingerprint density at radius 3 is 2.92 bits per heavy atom. The maximum atomic E-state index is 13.7. The van der Waals surface area contributed by atoms with E-state index in [2.05, 4.69) is 17.4 Å². The van der Waals surface area contributed by atoms with Gasteiger partial charge >= 0.3 is 0 Å². The van der Waals surface area contributed by atoms with Crippen LogP contribution in [0.3, 0.4) is 0 Å². The number of piperazine rings is 1. The van der Waals surface area contributed by atoms with Crippen LogP contribution >= 0.6 is 0 Å². The summed E-state index contributed by atoms with van der Waals surface area (Å²) >= 11 is 0. The highest BCUT2D eigenvalue weighted by Crippen LogP contribution is 2.35. The van der Waals surface area contributed by atoms with Crippen molar-refractivity contribution >= 4 is 5.91 Å². The maximum absolute atomic E-state index is 13.7. The van der Waals surface area contributed by atoms with Gasteiger partial charge in [0.2, 0.25) is 5.91 Å². The normalized spacial score (nSPS) is 23.2. The van der Waals surface area contributed by atoms with E-state index in [1.165, 1.54) is 17.2 Å². The van der Waals surface area contributed by atoms with Gasteiger partial charge in [0.1, 0.15) is 5.82 Å². The van der Waals surface area contributed by atoms with Crippen LogP contribution in [0.1, 0.15) is 41.5 Å². The number of hydrogen-bond donors (Lipinski definition) is 1. The van der Waals surface area contributed by atoms with Crippen molar-refractivity contribution < 1.29 is 9.18 Å². The number of nitrogens with zero attached hydrogens (tertiary/aromatic N) is 1. The summed E-state index contributed by atoms with van der Waals surface area (Å²) < 4.78 is 13.7. The summed E-state index contributed by atoms with van der Waals surface area (Å²) in [5.74, 6) is -0.138. The van der Waals surface area contributed by atoms with Crippen LogP contribution in [-0.2, 0) is 11.2 Å². The molecule has 1 N–H and O–H groups in total. The molecule has 130 valence electrons. The Morgan fingerprint density at radius 1 is 1.16 bits per heavy atom. The fraction of sp³-hybridized carbons (Fsp3) is 0.381. The third kappa shape index (κ3) is 3.19. The number of benzene rings is 2. The Hall–Kier alpha value is -2.20. The summed E-state index contributed by atoms with van der Waals surface area (Å²) in [6.07, 6.45) is 2.99. The van der Waals surface area contributed by atoms with E-state index >= 15 is 0 Å². The van der Waals surface area contributed by atoms with Crippen LogP contribution < -0.4 is 5.32 Å². The largest absolute Gasteiger partial charge is 0.333 e. The summed E-state index contributed by atoms with van der Waals surface area (Å²) in [4.78, 5) is 15.3. The lowest BCUT2D eigenvalue weighted by Crippen LogP contribution is -2.50. The summed E-state index contributed by atoms with van der Waals surface area (Å²) in [5.41, 5.74) is 3.34. The first-order valence-electron chi connectivity index (χ1n) is 9.08. The second-order valence-electron chi connectivity index (χ2n) is 6.95. The van der Waals surface area contributed by atoms with Crippen molar-refractivity contribution in [1.82, 2.24) is 10.2 Å². The van der Waals surface area contributed by atoms with Crippen molar-refractivity contribution in [3.8, 4) is 0 Å². The molecule has 4 heteroatoms. The quantitative estimate of drug-likeness (QED) is 0.910. The molecule has 0 saturated carbocycles. The van der Waals surface area contributed by atoms with Crippen molar-refractivity contribution in [2.75, 3.05) is 19.6 Å². The Bertz CT molecular complexity index is 776. The number of aryl methyl sites for hydroxylation is 1. The summed E-state index contributed by atoms with van der Waals surface area (Å²) in [7, 11) is 0. The van der Waals surface area contributed by atoms with Gasteiger partial charge in [0.25, 0.3) is 0 Å². The molecular formula is C21H23FN2O. The smallest absolute Gasteiger partial charge is 0.230 e. The highest BCUT2D eigenvalue weighted by Gasteiger charge is 2.35. The molecule has 3 nitrogen and oxygen atoms in total. The molecule has 1 heterocycles. The molecule has 0 spiro atoms. The van der Waals surface area contributed by atoms with Crippen molar-refractivity contribution in [1.29, 1.82) is 0 Å². The average molecular weight is 338 g/mol. The van der Waals surface area contributed by atoms with Gasteiger partial charge in [-0.15, -0.1) is 0 Å². The van der Waals surface area contributed by atoms with Crippen LogP contribution in [0.5, 0.6) is 0 Å². The van der Waals surface area contributed by atoms with Crippen molar-refractivity contribution in [3.05, 3.63) is 71.0 Å². The second-order valence-corrected chi connectivity index (χ2v) is 6.95. The Morgan fingerprint density at radius 2 is 2.04 bits per heavy atom. The molecule has 0 bridgehead atoms. The molecule has 2 aromatic rings. The first-order valence-corrected chi connectivity index (χ1v) is 9.08. The molecule has 4 rings (SSSR count). The van der Waals surface area contributed by atoms with E-state index in [4.69, 9.17) is 0 Å². The van der Waals surface area contributed by atoms with Crippen LogP contribution in [-0.4, -0.2) is 30.4 Å². The number of carbonyl (C=O) groups excluding carboxylic acids is 1. The third-order valence-electron chi connectivity index (χ3n) is 5.43. The van der Waals surface area contributed by atoms with Gasteiger partial charge in [-0.05, 0) is 48.1 Å². The average Bonchev–Trinajstić information content (AvgIpc) is 2.67. The van der Waals surface area contributed by atoms with E-state index in [-0.39, 0.29) is 23.7 Å². The van der Waals surface area contributed by atoms with Crippen LogP contribution in [0.4, 0.5) is 4.39 Å². The van der Waals surface area contributed by atoms with Gasteiger partial charge in [-0.25, -0.2) is 4.39 Å². The molecular weight excluding hydrogens is 315 g/mol. The van der Waals surface area contributed by atoms with Crippen LogP contribution in [0.2, 0.25) is 0 Å². The molecule has 2 aromatic carbocycles. The molecule has 1 aliphatic heterocycles. The molecule has 1 fully saturated rings. The lowest BCUT2D eigenvalue weighted by molar-refractivity contribution is -0.136. The lowest BCUT2D eigenvalue weighted by atomic mass is 9.81. The summed E-state index contributed by atoms with van der Waals surface area (Å²) in [6, 6.07) is 14.8. The topological polar surface area (TPSA) is 32.3 Å². The summed E-state index contributed by atoms with van der Waals surface area (Å²) in [6.45, 7) is 2.12. The SMILES string of the molecule is O=C(C1CCCc2ccccc21)N1CCNCC1c1cccc(F)c1. The third-order valence-corrected chi connectivity index (χ3v) is 5.43. The van der Waals surface area contributed by atoms with E-state index < -0.39 is 0 Å². The number of halogens is 1. The van der Waals surface area contributed by atoms with Gasteiger partial charge in [-0.2, -0.15) is 0 Å².